The highest BCUT2D eigenvalue weighted by atomic mass is 79.9. The van der Waals surface area contributed by atoms with Gasteiger partial charge in [0.15, 0.2) is 6.73 Å². The van der Waals surface area contributed by atoms with Gasteiger partial charge in [-0.1, -0.05) is 23.7 Å². The first-order chi connectivity index (χ1) is 10.1. The molecule has 0 radical (unpaired) electrons. The molecule has 0 fully saturated rings. The predicted octanol–water partition coefficient (Wildman–Crippen LogP) is 3.74. The smallest absolute Gasteiger partial charge is 0.264 e. The Balaban J connectivity index is 1.78. The Morgan fingerprint density at radius 3 is 2.24 bits per heavy atom. The van der Waals surface area contributed by atoms with Crippen LogP contribution in [0.4, 0.5) is 0 Å². The molecular weight excluding hydrogens is 358 g/mol. The molecule has 21 heavy (non-hydrogen) atoms. The molecule has 2 aromatic rings. The fourth-order valence-corrected chi connectivity index (χ4v) is 2.88. The number of halogens is 2. The number of fused-ring (bicyclic) bond motifs is 1. The van der Waals surface area contributed by atoms with Crippen LogP contribution in [0, 0.1) is 0 Å². The van der Waals surface area contributed by atoms with Crippen molar-refractivity contribution in [2.75, 3.05) is 6.73 Å². The molecule has 1 heterocycles. The van der Waals surface area contributed by atoms with E-state index in [1.165, 1.54) is 0 Å². The van der Waals surface area contributed by atoms with Crippen molar-refractivity contribution >= 4 is 39.3 Å². The Hall–Kier alpha value is -1.85. The van der Waals surface area contributed by atoms with Crippen LogP contribution >= 0.6 is 27.5 Å². The summed E-state index contributed by atoms with van der Waals surface area (Å²) in [6.07, 6.45) is 0. The number of benzene rings is 2. The highest BCUT2D eigenvalue weighted by Crippen LogP contribution is 2.29. The highest BCUT2D eigenvalue weighted by Gasteiger charge is 2.35. The van der Waals surface area contributed by atoms with Gasteiger partial charge in [0, 0.05) is 5.02 Å². The average molecular weight is 367 g/mol. The first-order valence-corrected chi connectivity index (χ1v) is 7.28. The lowest BCUT2D eigenvalue weighted by molar-refractivity contribution is 0.0521. The molecule has 0 bridgehead atoms. The van der Waals surface area contributed by atoms with E-state index in [0.29, 0.717) is 26.4 Å². The molecule has 0 saturated heterocycles. The SMILES string of the molecule is O=C1c2ccccc2C(=O)N1COc1ccc(Cl)cc1Br. The molecule has 1 aliphatic rings. The standard InChI is InChI=1S/C15H9BrClNO3/c16-12-7-9(17)5-6-13(12)21-8-18-14(19)10-3-1-2-4-11(10)15(18)20/h1-7H,8H2. The second-order valence-electron chi connectivity index (χ2n) is 4.43. The number of rotatable bonds is 3. The molecule has 106 valence electrons. The lowest BCUT2D eigenvalue weighted by atomic mass is 10.1. The van der Waals surface area contributed by atoms with Crippen LogP contribution in [0.2, 0.25) is 5.02 Å². The van der Waals surface area contributed by atoms with Crippen molar-refractivity contribution in [2.24, 2.45) is 0 Å². The van der Waals surface area contributed by atoms with E-state index in [-0.39, 0.29) is 18.5 Å². The summed E-state index contributed by atoms with van der Waals surface area (Å²) in [5.74, 6) is -0.183. The summed E-state index contributed by atoms with van der Waals surface area (Å²) in [6.45, 7) is -0.146. The van der Waals surface area contributed by atoms with E-state index in [9.17, 15) is 9.59 Å². The third-order valence-electron chi connectivity index (χ3n) is 3.12. The molecule has 0 atom stereocenters. The number of carbonyl (C=O) groups is 2. The van der Waals surface area contributed by atoms with Crippen molar-refractivity contribution in [3.63, 3.8) is 0 Å². The van der Waals surface area contributed by atoms with Crippen LogP contribution in [0.15, 0.2) is 46.9 Å². The van der Waals surface area contributed by atoms with E-state index in [1.54, 1.807) is 42.5 Å². The van der Waals surface area contributed by atoms with Gasteiger partial charge in [-0.25, -0.2) is 4.90 Å². The Morgan fingerprint density at radius 1 is 1.05 bits per heavy atom. The van der Waals surface area contributed by atoms with Gasteiger partial charge in [0.2, 0.25) is 0 Å². The number of ether oxygens (including phenoxy) is 1. The molecule has 0 N–H and O–H groups in total. The molecule has 0 saturated carbocycles. The molecule has 1 aliphatic heterocycles. The fourth-order valence-electron chi connectivity index (χ4n) is 2.08. The lowest BCUT2D eigenvalue weighted by Crippen LogP contribution is -2.33. The number of hydrogen-bond donors (Lipinski definition) is 0. The highest BCUT2D eigenvalue weighted by molar-refractivity contribution is 9.10. The molecular formula is C15H9BrClNO3. The first kappa shape index (κ1) is 14.1. The van der Waals surface area contributed by atoms with E-state index in [1.807, 2.05) is 0 Å². The third kappa shape index (κ3) is 2.54. The van der Waals surface area contributed by atoms with Gasteiger partial charge in [-0.15, -0.1) is 0 Å². The van der Waals surface area contributed by atoms with Crippen molar-refractivity contribution in [3.8, 4) is 5.75 Å². The van der Waals surface area contributed by atoms with Gasteiger partial charge in [0.25, 0.3) is 11.8 Å². The summed E-state index contributed by atoms with van der Waals surface area (Å²) in [4.78, 5) is 25.4. The normalized spacial score (nSPS) is 13.5. The van der Waals surface area contributed by atoms with Gasteiger partial charge in [0.1, 0.15) is 5.75 Å². The zero-order valence-corrected chi connectivity index (χ0v) is 13.0. The van der Waals surface area contributed by atoms with Crippen LogP contribution in [0.1, 0.15) is 20.7 Å². The van der Waals surface area contributed by atoms with Gasteiger partial charge in [-0.05, 0) is 46.3 Å². The maximum atomic E-state index is 12.2. The second-order valence-corrected chi connectivity index (χ2v) is 5.72. The summed E-state index contributed by atoms with van der Waals surface area (Å²) >= 11 is 9.16. The summed E-state index contributed by atoms with van der Waals surface area (Å²) in [5.41, 5.74) is 0.808. The molecule has 2 amide bonds. The van der Waals surface area contributed by atoms with Crippen LogP contribution in [0.3, 0.4) is 0 Å². The van der Waals surface area contributed by atoms with Crippen LogP contribution in [0.5, 0.6) is 5.75 Å². The minimum atomic E-state index is -0.347. The summed E-state index contributed by atoms with van der Waals surface area (Å²) in [6, 6.07) is 11.7. The number of amides is 2. The van der Waals surface area contributed by atoms with Crippen molar-refractivity contribution < 1.29 is 14.3 Å². The minimum Gasteiger partial charge on any atom is -0.471 e. The van der Waals surface area contributed by atoms with E-state index in [0.717, 1.165) is 4.90 Å². The van der Waals surface area contributed by atoms with Crippen molar-refractivity contribution in [1.82, 2.24) is 4.90 Å². The van der Waals surface area contributed by atoms with Gasteiger partial charge >= 0.3 is 0 Å². The van der Waals surface area contributed by atoms with Crippen molar-refractivity contribution in [2.45, 2.75) is 0 Å². The summed E-state index contributed by atoms with van der Waals surface area (Å²) in [5, 5.41) is 0.565. The third-order valence-corrected chi connectivity index (χ3v) is 3.98. The monoisotopic (exact) mass is 365 g/mol. The Kier molecular flexibility index (Phi) is 3.69. The summed E-state index contributed by atoms with van der Waals surface area (Å²) in [7, 11) is 0. The number of nitrogens with zero attached hydrogens (tertiary/aromatic N) is 1. The largest absolute Gasteiger partial charge is 0.471 e. The predicted molar refractivity (Wildman–Crippen MR) is 81.6 cm³/mol. The Labute approximate surface area is 134 Å². The molecule has 0 aromatic heterocycles. The summed E-state index contributed by atoms with van der Waals surface area (Å²) < 4.78 is 6.19. The van der Waals surface area contributed by atoms with Gasteiger partial charge in [-0.2, -0.15) is 0 Å². The molecule has 0 unspecified atom stereocenters. The molecule has 2 aromatic carbocycles. The topological polar surface area (TPSA) is 46.6 Å². The second kappa shape index (κ2) is 5.50. The molecule has 6 heteroatoms. The van der Waals surface area contributed by atoms with E-state index in [2.05, 4.69) is 15.9 Å². The maximum Gasteiger partial charge on any atom is 0.264 e. The number of hydrogen-bond acceptors (Lipinski definition) is 3. The quantitative estimate of drug-likeness (QED) is 0.778. The van der Waals surface area contributed by atoms with Crippen molar-refractivity contribution in [1.29, 1.82) is 0 Å². The van der Waals surface area contributed by atoms with Crippen LogP contribution in [-0.4, -0.2) is 23.4 Å². The van der Waals surface area contributed by atoms with E-state index < -0.39 is 0 Å². The fraction of sp³-hybridized carbons (Fsp3) is 0.0667. The Morgan fingerprint density at radius 2 is 1.67 bits per heavy atom. The van der Waals surface area contributed by atoms with E-state index >= 15 is 0 Å². The Bertz CT molecular complexity index is 712. The van der Waals surface area contributed by atoms with Crippen molar-refractivity contribution in [3.05, 3.63) is 63.1 Å². The zero-order chi connectivity index (χ0) is 15.0. The van der Waals surface area contributed by atoms with Crippen LogP contribution in [0.25, 0.3) is 0 Å². The first-order valence-electron chi connectivity index (χ1n) is 6.11. The van der Waals surface area contributed by atoms with Gasteiger partial charge in [0.05, 0.1) is 15.6 Å². The molecule has 4 nitrogen and oxygen atoms in total. The minimum absolute atomic E-state index is 0.146. The van der Waals surface area contributed by atoms with E-state index in [4.69, 9.17) is 16.3 Å². The maximum absolute atomic E-state index is 12.2. The number of imide groups is 1. The average Bonchev–Trinajstić information content (AvgIpc) is 2.71. The molecule has 0 spiro atoms. The van der Waals surface area contributed by atoms with Gasteiger partial charge < -0.3 is 4.74 Å². The molecule has 3 rings (SSSR count). The lowest BCUT2D eigenvalue weighted by Gasteiger charge is -2.15. The van der Waals surface area contributed by atoms with Crippen LogP contribution < -0.4 is 4.74 Å². The van der Waals surface area contributed by atoms with Gasteiger partial charge in [-0.3, -0.25) is 9.59 Å². The molecule has 0 aliphatic carbocycles. The number of carbonyl (C=O) groups excluding carboxylic acids is 2. The zero-order valence-electron chi connectivity index (χ0n) is 10.7. The van der Waals surface area contributed by atoms with Crippen LogP contribution in [-0.2, 0) is 0 Å².